The highest BCUT2D eigenvalue weighted by atomic mass is 35.5. The second kappa shape index (κ2) is 6.74. The van der Waals surface area contributed by atoms with Crippen molar-refractivity contribution in [3.8, 4) is 0 Å². The van der Waals surface area contributed by atoms with Gasteiger partial charge in [-0.05, 0) is 47.8 Å². The van der Waals surface area contributed by atoms with E-state index in [1.165, 1.54) is 4.90 Å². The molecule has 3 atom stereocenters. The first-order valence-electron chi connectivity index (χ1n) is 8.83. The number of carbonyl (C=O) groups is 2. The van der Waals surface area contributed by atoms with Crippen LogP contribution in [0.25, 0.3) is 0 Å². The number of halogens is 1. The van der Waals surface area contributed by atoms with Crippen LogP contribution in [0, 0.1) is 5.92 Å². The van der Waals surface area contributed by atoms with Gasteiger partial charge in [0.15, 0.2) is 6.10 Å². The lowest BCUT2D eigenvalue weighted by Crippen LogP contribution is -2.37. The van der Waals surface area contributed by atoms with E-state index in [2.05, 4.69) is 0 Å². The average molecular weight is 411 g/mol. The van der Waals surface area contributed by atoms with Gasteiger partial charge in [-0.3, -0.25) is 14.4 Å². The van der Waals surface area contributed by atoms with Crippen LogP contribution in [0.5, 0.6) is 0 Å². The lowest BCUT2D eigenvalue weighted by molar-refractivity contribution is -0.126. The highest BCUT2D eigenvalue weighted by Crippen LogP contribution is 2.48. The highest BCUT2D eigenvalue weighted by molar-refractivity contribution is 7.10. The number of rotatable bonds is 3. The van der Waals surface area contributed by atoms with Gasteiger partial charge < -0.3 is 0 Å². The molecule has 3 heterocycles. The SMILES string of the molecule is O=C1[C@H]2[C@@H](ON(c3ccc(Cl)cc3)[C@H]2c2cccs2)C(=O)N1c1ccccc1. The summed E-state index contributed by atoms with van der Waals surface area (Å²) in [5, 5.41) is 4.24. The second-order valence-corrected chi connectivity index (χ2v) is 8.08. The van der Waals surface area contributed by atoms with Crippen molar-refractivity contribution in [2.24, 2.45) is 5.92 Å². The summed E-state index contributed by atoms with van der Waals surface area (Å²) in [6, 6.07) is 19.7. The molecule has 5 rings (SSSR count). The maximum Gasteiger partial charge on any atom is 0.266 e. The zero-order valence-corrected chi connectivity index (χ0v) is 16.1. The van der Waals surface area contributed by atoms with Crippen LogP contribution < -0.4 is 9.96 Å². The van der Waals surface area contributed by atoms with Gasteiger partial charge >= 0.3 is 0 Å². The van der Waals surface area contributed by atoms with E-state index in [-0.39, 0.29) is 17.9 Å². The van der Waals surface area contributed by atoms with E-state index < -0.39 is 12.0 Å². The van der Waals surface area contributed by atoms with E-state index in [1.54, 1.807) is 40.7 Å². The number of para-hydroxylation sites is 1. The molecule has 0 radical (unpaired) electrons. The number of hydroxylamine groups is 1. The lowest BCUT2D eigenvalue weighted by atomic mass is 9.95. The van der Waals surface area contributed by atoms with Crippen molar-refractivity contribution in [3.05, 3.63) is 82.0 Å². The molecule has 2 aromatic carbocycles. The molecule has 28 heavy (non-hydrogen) atoms. The van der Waals surface area contributed by atoms with Gasteiger partial charge in [0.2, 0.25) is 5.91 Å². The van der Waals surface area contributed by atoms with Crippen molar-refractivity contribution in [2.75, 3.05) is 9.96 Å². The fourth-order valence-electron chi connectivity index (χ4n) is 3.81. The van der Waals surface area contributed by atoms with E-state index in [9.17, 15) is 9.59 Å². The molecule has 2 saturated heterocycles. The first kappa shape index (κ1) is 17.4. The Kier molecular flexibility index (Phi) is 4.19. The molecule has 0 N–H and O–H groups in total. The number of thiophene rings is 1. The van der Waals surface area contributed by atoms with E-state index in [0.717, 1.165) is 10.6 Å². The summed E-state index contributed by atoms with van der Waals surface area (Å²) in [7, 11) is 0. The van der Waals surface area contributed by atoms with E-state index in [0.29, 0.717) is 10.7 Å². The van der Waals surface area contributed by atoms with E-state index in [1.807, 2.05) is 47.8 Å². The van der Waals surface area contributed by atoms with Gasteiger partial charge in [-0.2, -0.15) is 0 Å². The quantitative estimate of drug-likeness (QED) is 0.598. The first-order chi connectivity index (χ1) is 13.6. The number of hydrogen-bond donors (Lipinski definition) is 0. The molecule has 0 aliphatic carbocycles. The first-order valence-corrected chi connectivity index (χ1v) is 10.1. The molecule has 2 fully saturated rings. The molecule has 0 bridgehead atoms. The Morgan fingerprint density at radius 3 is 2.29 bits per heavy atom. The van der Waals surface area contributed by atoms with E-state index >= 15 is 0 Å². The minimum absolute atomic E-state index is 0.240. The molecule has 0 spiro atoms. The third-order valence-electron chi connectivity index (χ3n) is 5.05. The molecule has 2 amide bonds. The van der Waals surface area contributed by atoms with Gasteiger partial charge in [-0.25, -0.2) is 9.96 Å². The van der Waals surface area contributed by atoms with Gasteiger partial charge in [0.05, 0.1) is 11.4 Å². The van der Waals surface area contributed by atoms with Crippen molar-refractivity contribution in [2.45, 2.75) is 12.1 Å². The van der Waals surface area contributed by atoms with Crippen LogP contribution in [-0.4, -0.2) is 17.9 Å². The number of benzene rings is 2. The van der Waals surface area contributed by atoms with Crippen molar-refractivity contribution in [1.82, 2.24) is 0 Å². The van der Waals surface area contributed by atoms with Crippen LogP contribution in [0.15, 0.2) is 72.1 Å². The zero-order chi connectivity index (χ0) is 19.3. The molecule has 0 saturated carbocycles. The third kappa shape index (κ3) is 2.64. The molecular formula is C21H15ClN2O3S. The zero-order valence-electron chi connectivity index (χ0n) is 14.6. The van der Waals surface area contributed by atoms with Crippen LogP contribution >= 0.6 is 22.9 Å². The Balaban J connectivity index is 1.57. The maximum atomic E-state index is 13.3. The summed E-state index contributed by atoms with van der Waals surface area (Å²) in [5.74, 6) is -1.18. The highest BCUT2D eigenvalue weighted by Gasteiger charge is 2.60. The fraction of sp³-hybridized carbons (Fsp3) is 0.143. The van der Waals surface area contributed by atoms with Crippen LogP contribution in [0.3, 0.4) is 0 Å². The Bertz CT molecular complexity index is 1020. The average Bonchev–Trinajstić information content (AvgIpc) is 3.41. The number of carbonyl (C=O) groups excluding carboxylic acids is 2. The predicted molar refractivity (Wildman–Crippen MR) is 108 cm³/mol. The maximum absolute atomic E-state index is 13.3. The Labute approximate surface area is 170 Å². The standard InChI is InChI=1S/C21H15ClN2O3S/c22-13-8-10-15(11-9-13)24-18(16-7-4-12-28-16)17-19(27-24)21(26)23(20(17)25)14-5-2-1-3-6-14/h1-12,17-19H/t17-,18+,19-/m1/s1. The second-order valence-electron chi connectivity index (χ2n) is 6.66. The number of nitrogens with zero attached hydrogens (tertiary/aromatic N) is 2. The molecular weight excluding hydrogens is 396 g/mol. The Morgan fingerprint density at radius 2 is 1.61 bits per heavy atom. The largest absolute Gasteiger partial charge is 0.273 e. The topological polar surface area (TPSA) is 49.9 Å². The Morgan fingerprint density at radius 1 is 0.857 bits per heavy atom. The van der Waals surface area contributed by atoms with Crippen molar-refractivity contribution in [1.29, 1.82) is 0 Å². The van der Waals surface area contributed by atoms with Gasteiger partial charge in [-0.15, -0.1) is 11.3 Å². The molecule has 140 valence electrons. The Hall–Kier alpha value is -2.67. The van der Waals surface area contributed by atoms with Gasteiger partial charge in [0.1, 0.15) is 12.0 Å². The van der Waals surface area contributed by atoms with Gasteiger partial charge in [0, 0.05) is 9.90 Å². The number of amides is 2. The summed E-state index contributed by atoms with van der Waals surface area (Å²) in [6.45, 7) is 0. The number of hydrogen-bond acceptors (Lipinski definition) is 5. The molecule has 2 aliphatic rings. The lowest BCUT2D eigenvalue weighted by Gasteiger charge is -2.27. The van der Waals surface area contributed by atoms with Crippen LogP contribution in [0.4, 0.5) is 11.4 Å². The molecule has 2 aliphatic heterocycles. The van der Waals surface area contributed by atoms with Crippen molar-refractivity contribution >= 4 is 46.1 Å². The number of anilines is 2. The number of fused-ring (bicyclic) bond motifs is 1. The van der Waals surface area contributed by atoms with Crippen LogP contribution in [-0.2, 0) is 14.4 Å². The van der Waals surface area contributed by atoms with Crippen LogP contribution in [0.1, 0.15) is 10.9 Å². The molecule has 0 unspecified atom stereocenters. The fourth-order valence-corrected chi connectivity index (χ4v) is 4.79. The molecule has 5 nitrogen and oxygen atoms in total. The molecule has 3 aromatic rings. The summed E-state index contributed by atoms with van der Waals surface area (Å²) >= 11 is 7.55. The summed E-state index contributed by atoms with van der Waals surface area (Å²) in [6.07, 6.45) is -0.851. The monoisotopic (exact) mass is 410 g/mol. The molecule has 1 aromatic heterocycles. The van der Waals surface area contributed by atoms with Crippen LogP contribution in [0.2, 0.25) is 5.02 Å². The third-order valence-corrected chi connectivity index (χ3v) is 6.24. The summed E-state index contributed by atoms with van der Waals surface area (Å²) in [4.78, 5) is 34.7. The predicted octanol–water partition coefficient (Wildman–Crippen LogP) is 4.45. The van der Waals surface area contributed by atoms with Gasteiger partial charge in [0.25, 0.3) is 5.91 Å². The molecule has 7 heteroatoms. The normalized spacial score (nSPS) is 24.1. The summed E-state index contributed by atoms with van der Waals surface area (Å²) < 4.78 is 0. The van der Waals surface area contributed by atoms with Gasteiger partial charge in [-0.1, -0.05) is 35.9 Å². The van der Waals surface area contributed by atoms with E-state index in [4.69, 9.17) is 16.4 Å². The minimum atomic E-state index is -0.851. The van der Waals surface area contributed by atoms with Crippen molar-refractivity contribution < 1.29 is 14.4 Å². The van der Waals surface area contributed by atoms with Crippen molar-refractivity contribution in [3.63, 3.8) is 0 Å². The summed E-state index contributed by atoms with van der Waals surface area (Å²) in [5.41, 5.74) is 1.32. The smallest absolute Gasteiger partial charge is 0.266 e. The minimum Gasteiger partial charge on any atom is -0.273 e. The number of imide groups is 1.